The molecule has 2 nitrogen and oxygen atoms in total. The Bertz CT molecular complexity index is 412. The lowest BCUT2D eigenvalue weighted by Gasteiger charge is -2.22. The van der Waals surface area contributed by atoms with Crippen molar-refractivity contribution in [2.45, 2.75) is 40.2 Å². The SMILES string of the molecule is CC(C)c1ccc(CN(C)CC(C#N)C(C)C)cc1. The largest absolute Gasteiger partial charge is 0.301 e. The molecular formula is C17H26N2. The third kappa shape index (κ3) is 5.04. The van der Waals surface area contributed by atoms with Gasteiger partial charge in [0.25, 0.3) is 0 Å². The Hall–Kier alpha value is -1.33. The van der Waals surface area contributed by atoms with Crippen LogP contribution in [0.4, 0.5) is 0 Å². The third-order valence-corrected chi connectivity index (χ3v) is 3.58. The number of hydrogen-bond acceptors (Lipinski definition) is 2. The predicted octanol–water partition coefficient (Wildman–Crippen LogP) is 4.04. The summed E-state index contributed by atoms with van der Waals surface area (Å²) in [5, 5.41) is 9.13. The predicted molar refractivity (Wildman–Crippen MR) is 80.8 cm³/mol. The zero-order valence-electron chi connectivity index (χ0n) is 12.9. The van der Waals surface area contributed by atoms with Crippen LogP contribution in [-0.4, -0.2) is 18.5 Å². The number of rotatable bonds is 6. The van der Waals surface area contributed by atoms with Crippen molar-refractivity contribution in [3.63, 3.8) is 0 Å². The smallest absolute Gasteiger partial charge is 0.0672 e. The van der Waals surface area contributed by atoms with Gasteiger partial charge < -0.3 is 4.90 Å². The second kappa shape index (κ2) is 7.31. The lowest BCUT2D eigenvalue weighted by Crippen LogP contribution is -2.27. The Balaban J connectivity index is 2.57. The highest BCUT2D eigenvalue weighted by molar-refractivity contribution is 5.24. The Morgan fingerprint density at radius 2 is 1.68 bits per heavy atom. The molecule has 0 spiro atoms. The van der Waals surface area contributed by atoms with E-state index >= 15 is 0 Å². The van der Waals surface area contributed by atoms with Gasteiger partial charge in [-0.1, -0.05) is 52.0 Å². The van der Waals surface area contributed by atoms with Crippen LogP contribution in [0.3, 0.4) is 0 Å². The molecule has 19 heavy (non-hydrogen) atoms. The monoisotopic (exact) mass is 258 g/mol. The van der Waals surface area contributed by atoms with E-state index in [-0.39, 0.29) is 5.92 Å². The van der Waals surface area contributed by atoms with E-state index in [0.29, 0.717) is 11.8 Å². The summed E-state index contributed by atoms with van der Waals surface area (Å²) >= 11 is 0. The summed E-state index contributed by atoms with van der Waals surface area (Å²) in [5.74, 6) is 1.10. The Morgan fingerprint density at radius 3 is 2.11 bits per heavy atom. The highest BCUT2D eigenvalue weighted by Gasteiger charge is 2.14. The van der Waals surface area contributed by atoms with Crippen LogP contribution in [0, 0.1) is 23.2 Å². The molecule has 1 unspecified atom stereocenters. The molecule has 0 saturated carbocycles. The molecule has 104 valence electrons. The topological polar surface area (TPSA) is 27.0 Å². The normalized spacial score (nSPS) is 13.0. The first-order chi connectivity index (χ1) is 8.93. The van der Waals surface area contributed by atoms with E-state index in [2.05, 4.69) is 70.0 Å². The quantitative estimate of drug-likeness (QED) is 0.770. The number of nitrogens with zero attached hydrogens (tertiary/aromatic N) is 2. The van der Waals surface area contributed by atoms with Gasteiger partial charge >= 0.3 is 0 Å². The fourth-order valence-electron chi connectivity index (χ4n) is 2.12. The molecule has 0 radical (unpaired) electrons. The van der Waals surface area contributed by atoms with Gasteiger partial charge in [0.2, 0.25) is 0 Å². The average molecular weight is 258 g/mol. The maximum atomic E-state index is 9.13. The van der Waals surface area contributed by atoms with Crippen molar-refractivity contribution < 1.29 is 0 Å². The van der Waals surface area contributed by atoms with Gasteiger partial charge in [-0.25, -0.2) is 0 Å². The molecule has 1 atom stereocenters. The lowest BCUT2D eigenvalue weighted by atomic mass is 9.97. The van der Waals surface area contributed by atoms with Gasteiger partial charge in [-0.05, 0) is 30.0 Å². The number of nitriles is 1. The van der Waals surface area contributed by atoms with Crippen LogP contribution in [0.5, 0.6) is 0 Å². The van der Waals surface area contributed by atoms with Crippen LogP contribution in [0.2, 0.25) is 0 Å². The summed E-state index contributed by atoms with van der Waals surface area (Å²) < 4.78 is 0. The average Bonchev–Trinajstić information content (AvgIpc) is 2.36. The first kappa shape index (κ1) is 15.7. The van der Waals surface area contributed by atoms with E-state index in [0.717, 1.165) is 13.1 Å². The van der Waals surface area contributed by atoms with E-state index in [1.165, 1.54) is 11.1 Å². The Morgan fingerprint density at radius 1 is 1.11 bits per heavy atom. The van der Waals surface area contributed by atoms with Gasteiger partial charge in [-0.2, -0.15) is 5.26 Å². The van der Waals surface area contributed by atoms with Crippen molar-refractivity contribution in [1.82, 2.24) is 4.90 Å². The molecule has 0 aliphatic heterocycles. The number of hydrogen-bond donors (Lipinski definition) is 0. The van der Waals surface area contributed by atoms with Gasteiger partial charge in [-0.3, -0.25) is 0 Å². The van der Waals surface area contributed by atoms with Crippen LogP contribution in [0.1, 0.15) is 44.7 Å². The number of benzene rings is 1. The van der Waals surface area contributed by atoms with E-state index in [1.54, 1.807) is 0 Å². The van der Waals surface area contributed by atoms with Crippen molar-refractivity contribution in [2.24, 2.45) is 11.8 Å². The highest BCUT2D eigenvalue weighted by Crippen LogP contribution is 2.16. The molecule has 0 aliphatic carbocycles. The van der Waals surface area contributed by atoms with Gasteiger partial charge in [0.15, 0.2) is 0 Å². The fraction of sp³-hybridized carbons (Fsp3) is 0.588. The van der Waals surface area contributed by atoms with Crippen molar-refractivity contribution >= 4 is 0 Å². The highest BCUT2D eigenvalue weighted by atomic mass is 15.1. The van der Waals surface area contributed by atoms with Crippen LogP contribution in [0.15, 0.2) is 24.3 Å². The van der Waals surface area contributed by atoms with E-state index in [1.807, 2.05) is 0 Å². The molecular weight excluding hydrogens is 232 g/mol. The van der Waals surface area contributed by atoms with Gasteiger partial charge in [0.1, 0.15) is 0 Å². The zero-order valence-corrected chi connectivity index (χ0v) is 12.9. The minimum atomic E-state index is 0.111. The molecule has 2 heteroatoms. The second-order valence-electron chi connectivity index (χ2n) is 6.07. The van der Waals surface area contributed by atoms with Crippen molar-refractivity contribution in [3.05, 3.63) is 35.4 Å². The summed E-state index contributed by atoms with van der Waals surface area (Å²) in [6.07, 6.45) is 0. The van der Waals surface area contributed by atoms with Crippen molar-refractivity contribution in [2.75, 3.05) is 13.6 Å². The van der Waals surface area contributed by atoms with E-state index in [9.17, 15) is 0 Å². The van der Waals surface area contributed by atoms with Crippen LogP contribution in [0.25, 0.3) is 0 Å². The summed E-state index contributed by atoms with van der Waals surface area (Å²) in [6.45, 7) is 10.4. The maximum absolute atomic E-state index is 9.13. The second-order valence-corrected chi connectivity index (χ2v) is 6.07. The minimum absolute atomic E-state index is 0.111. The zero-order chi connectivity index (χ0) is 14.4. The molecule has 0 bridgehead atoms. The molecule has 0 fully saturated rings. The third-order valence-electron chi connectivity index (χ3n) is 3.58. The van der Waals surface area contributed by atoms with Crippen molar-refractivity contribution in [3.8, 4) is 6.07 Å². The molecule has 0 aliphatic rings. The summed E-state index contributed by atoms with van der Waals surface area (Å²) in [5.41, 5.74) is 2.69. The van der Waals surface area contributed by atoms with E-state index in [4.69, 9.17) is 5.26 Å². The fourth-order valence-corrected chi connectivity index (χ4v) is 2.12. The molecule has 0 amide bonds. The standard InChI is InChI=1S/C17H26N2/c1-13(2)16-8-6-15(7-9-16)11-19(5)12-17(10-18)14(3)4/h6-9,13-14,17H,11-12H2,1-5H3. The van der Waals surface area contributed by atoms with Gasteiger partial charge in [-0.15, -0.1) is 0 Å². The first-order valence-corrected chi connectivity index (χ1v) is 7.11. The van der Waals surface area contributed by atoms with Gasteiger partial charge in [0, 0.05) is 13.1 Å². The first-order valence-electron chi connectivity index (χ1n) is 7.11. The van der Waals surface area contributed by atoms with Crippen LogP contribution < -0.4 is 0 Å². The molecule has 0 heterocycles. The Kier molecular flexibility index (Phi) is 6.05. The summed E-state index contributed by atoms with van der Waals surface area (Å²) in [6, 6.07) is 11.2. The lowest BCUT2D eigenvalue weighted by molar-refractivity contribution is 0.265. The molecule has 1 rings (SSSR count). The molecule has 1 aromatic carbocycles. The minimum Gasteiger partial charge on any atom is -0.301 e. The molecule has 0 N–H and O–H groups in total. The Labute approximate surface area is 118 Å². The molecule has 1 aromatic rings. The maximum Gasteiger partial charge on any atom is 0.0672 e. The summed E-state index contributed by atoms with van der Waals surface area (Å²) in [7, 11) is 2.09. The molecule has 0 saturated heterocycles. The van der Waals surface area contributed by atoms with Crippen LogP contribution >= 0.6 is 0 Å². The van der Waals surface area contributed by atoms with E-state index < -0.39 is 0 Å². The molecule has 0 aromatic heterocycles. The summed E-state index contributed by atoms with van der Waals surface area (Å²) in [4.78, 5) is 2.23. The van der Waals surface area contributed by atoms with Crippen molar-refractivity contribution in [1.29, 1.82) is 5.26 Å². The van der Waals surface area contributed by atoms with Gasteiger partial charge in [0.05, 0.1) is 12.0 Å². The van der Waals surface area contributed by atoms with Crippen LogP contribution in [-0.2, 0) is 6.54 Å².